The summed E-state index contributed by atoms with van der Waals surface area (Å²) < 4.78 is 14.1. The number of halogens is 1. The molecule has 30 heavy (non-hydrogen) atoms. The summed E-state index contributed by atoms with van der Waals surface area (Å²) in [6.45, 7) is 5.31. The molecule has 0 atom stereocenters. The van der Waals surface area contributed by atoms with E-state index in [9.17, 15) is 9.18 Å². The predicted molar refractivity (Wildman–Crippen MR) is 120 cm³/mol. The first kappa shape index (κ1) is 20.4. The SMILES string of the molecule is Cc1ccc(F)c2cc(C(=O)Nc3cccc(N4CCC(NCCN)CC4)c3)[nH]c12. The number of amides is 1. The van der Waals surface area contributed by atoms with Crippen LogP contribution < -0.4 is 21.3 Å². The smallest absolute Gasteiger partial charge is 0.272 e. The van der Waals surface area contributed by atoms with Gasteiger partial charge in [0.05, 0.1) is 5.52 Å². The van der Waals surface area contributed by atoms with Crippen LogP contribution in [-0.4, -0.2) is 43.1 Å². The number of aromatic nitrogens is 1. The first-order valence-electron chi connectivity index (χ1n) is 10.4. The topological polar surface area (TPSA) is 86.2 Å². The molecule has 1 saturated heterocycles. The van der Waals surface area contributed by atoms with Gasteiger partial charge in [0.25, 0.3) is 5.91 Å². The second-order valence-electron chi connectivity index (χ2n) is 7.84. The molecule has 4 rings (SSSR count). The van der Waals surface area contributed by atoms with Crippen LogP contribution in [0.2, 0.25) is 0 Å². The molecule has 1 amide bonds. The third kappa shape index (κ3) is 4.32. The number of nitrogens with two attached hydrogens (primary N) is 1. The number of nitrogens with one attached hydrogen (secondary N) is 3. The highest BCUT2D eigenvalue weighted by atomic mass is 19.1. The van der Waals surface area contributed by atoms with Crippen molar-refractivity contribution in [1.82, 2.24) is 10.3 Å². The number of nitrogens with zero attached hydrogens (tertiary/aromatic N) is 1. The lowest BCUT2D eigenvalue weighted by Gasteiger charge is -2.34. The quantitative estimate of drug-likeness (QED) is 0.503. The Morgan fingerprint density at radius 3 is 2.77 bits per heavy atom. The minimum absolute atomic E-state index is 0.285. The van der Waals surface area contributed by atoms with Crippen molar-refractivity contribution >= 4 is 28.2 Å². The molecule has 1 fully saturated rings. The van der Waals surface area contributed by atoms with Crippen LogP contribution in [0.15, 0.2) is 42.5 Å². The molecule has 158 valence electrons. The van der Waals surface area contributed by atoms with Crippen LogP contribution >= 0.6 is 0 Å². The van der Waals surface area contributed by atoms with E-state index in [2.05, 4.69) is 26.6 Å². The number of aromatic amines is 1. The Morgan fingerprint density at radius 2 is 2.03 bits per heavy atom. The lowest BCUT2D eigenvalue weighted by molar-refractivity contribution is 0.102. The molecule has 0 radical (unpaired) electrons. The van der Waals surface area contributed by atoms with Gasteiger partial charge in [0.15, 0.2) is 0 Å². The normalized spacial score (nSPS) is 15.0. The number of benzene rings is 2. The van der Waals surface area contributed by atoms with Crippen LogP contribution in [0.5, 0.6) is 0 Å². The Kier molecular flexibility index (Phi) is 6.01. The lowest BCUT2D eigenvalue weighted by Crippen LogP contribution is -2.43. The Labute approximate surface area is 175 Å². The number of rotatable bonds is 6. The Morgan fingerprint density at radius 1 is 1.23 bits per heavy atom. The van der Waals surface area contributed by atoms with Crippen LogP contribution in [0.25, 0.3) is 10.9 Å². The summed E-state index contributed by atoms with van der Waals surface area (Å²) >= 11 is 0. The zero-order chi connectivity index (χ0) is 21.1. The standard InChI is InChI=1S/C23H28FN5O/c1-15-5-6-20(24)19-14-21(28-22(15)19)23(30)27-17-3-2-4-18(13-17)29-11-7-16(8-12-29)26-10-9-25/h2-6,13-14,16,26,28H,7-12,25H2,1H3,(H,27,30). The number of carbonyl (C=O) groups is 1. The number of H-pyrrole nitrogens is 1. The number of hydrogen-bond acceptors (Lipinski definition) is 4. The molecule has 1 aromatic heterocycles. The summed E-state index contributed by atoms with van der Waals surface area (Å²) in [4.78, 5) is 18.1. The van der Waals surface area contributed by atoms with Gasteiger partial charge >= 0.3 is 0 Å². The number of piperidine rings is 1. The predicted octanol–water partition coefficient (Wildman–Crippen LogP) is 3.38. The van der Waals surface area contributed by atoms with E-state index in [1.807, 2.05) is 25.1 Å². The van der Waals surface area contributed by atoms with Crippen LogP contribution in [0.3, 0.4) is 0 Å². The lowest BCUT2D eigenvalue weighted by atomic mass is 10.0. The van der Waals surface area contributed by atoms with E-state index in [1.54, 1.807) is 12.1 Å². The molecule has 5 N–H and O–H groups in total. The number of carbonyl (C=O) groups excluding carboxylic acids is 1. The number of fused-ring (bicyclic) bond motifs is 1. The molecule has 2 aromatic carbocycles. The van der Waals surface area contributed by atoms with Crippen molar-refractivity contribution in [2.45, 2.75) is 25.8 Å². The summed E-state index contributed by atoms with van der Waals surface area (Å²) in [5.74, 6) is -0.621. The Hall–Kier alpha value is -2.90. The molecule has 0 aliphatic carbocycles. The van der Waals surface area contributed by atoms with Gasteiger partial charge in [-0.2, -0.15) is 0 Å². The molecular formula is C23H28FN5O. The molecule has 3 aromatic rings. The van der Waals surface area contributed by atoms with Crippen LogP contribution in [0.4, 0.5) is 15.8 Å². The number of aryl methyl sites for hydroxylation is 1. The second kappa shape index (κ2) is 8.85. The molecule has 7 heteroatoms. The number of anilines is 2. The van der Waals surface area contributed by atoms with Gasteiger partial charge in [0.1, 0.15) is 11.5 Å². The van der Waals surface area contributed by atoms with Crippen molar-refractivity contribution in [2.24, 2.45) is 5.73 Å². The van der Waals surface area contributed by atoms with E-state index >= 15 is 0 Å². The van der Waals surface area contributed by atoms with Crippen molar-refractivity contribution in [3.05, 3.63) is 59.5 Å². The molecule has 0 unspecified atom stereocenters. The molecular weight excluding hydrogens is 381 g/mol. The highest BCUT2D eigenvalue weighted by molar-refractivity contribution is 6.06. The summed E-state index contributed by atoms with van der Waals surface area (Å²) in [6.07, 6.45) is 2.13. The molecule has 1 aliphatic rings. The van der Waals surface area contributed by atoms with E-state index in [1.165, 1.54) is 6.07 Å². The average Bonchev–Trinajstić information content (AvgIpc) is 3.23. The maximum absolute atomic E-state index is 14.1. The highest BCUT2D eigenvalue weighted by Crippen LogP contribution is 2.25. The molecule has 2 heterocycles. The van der Waals surface area contributed by atoms with E-state index < -0.39 is 0 Å². The molecule has 0 saturated carbocycles. The zero-order valence-corrected chi connectivity index (χ0v) is 17.2. The van der Waals surface area contributed by atoms with Gasteiger partial charge in [0, 0.05) is 49.0 Å². The minimum atomic E-state index is -0.336. The summed E-state index contributed by atoms with van der Waals surface area (Å²) in [5, 5.41) is 6.84. The van der Waals surface area contributed by atoms with Gasteiger partial charge in [-0.05, 0) is 55.7 Å². The fourth-order valence-electron chi connectivity index (χ4n) is 4.06. The van der Waals surface area contributed by atoms with E-state index in [0.29, 0.717) is 29.2 Å². The van der Waals surface area contributed by atoms with Crippen LogP contribution in [0, 0.1) is 12.7 Å². The molecule has 6 nitrogen and oxygen atoms in total. The molecule has 1 aliphatic heterocycles. The van der Waals surface area contributed by atoms with Crippen LogP contribution in [0.1, 0.15) is 28.9 Å². The molecule has 0 spiro atoms. The van der Waals surface area contributed by atoms with Gasteiger partial charge in [0.2, 0.25) is 0 Å². The van der Waals surface area contributed by atoms with Crippen molar-refractivity contribution in [3.8, 4) is 0 Å². The van der Waals surface area contributed by atoms with Crippen molar-refractivity contribution < 1.29 is 9.18 Å². The molecule has 0 bridgehead atoms. The minimum Gasteiger partial charge on any atom is -0.371 e. The maximum Gasteiger partial charge on any atom is 0.272 e. The third-order valence-electron chi connectivity index (χ3n) is 5.74. The van der Waals surface area contributed by atoms with Gasteiger partial charge in [-0.25, -0.2) is 4.39 Å². The largest absolute Gasteiger partial charge is 0.371 e. The van der Waals surface area contributed by atoms with Crippen molar-refractivity contribution in [2.75, 3.05) is 36.4 Å². The Balaban J connectivity index is 1.44. The van der Waals surface area contributed by atoms with E-state index in [0.717, 1.165) is 49.4 Å². The number of hydrogen-bond donors (Lipinski definition) is 4. The van der Waals surface area contributed by atoms with E-state index in [4.69, 9.17) is 5.73 Å². The second-order valence-corrected chi connectivity index (χ2v) is 7.84. The maximum atomic E-state index is 14.1. The zero-order valence-electron chi connectivity index (χ0n) is 17.2. The Bertz CT molecular complexity index is 1000. The van der Waals surface area contributed by atoms with Crippen LogP contribution in [-0.2, 0) is 0 Å². The van der Waals surface area contributed by atoms with Gasteiger partial charge in [-0.3, -0.25) is 4.79 Å². The van der Waals surface area contributed by atoms with Gasteiger partial charge in [-0.15, -0.1) is 0 Å². The monoisotopic (exact) mass is 409 g/mol. The van der Waals surface area contributed by atoms with Gasteiger partial charge in [-0.1, -0.05) is 12.1 Å². The summed E-state index contributed by atoms with van der Waals surface area (Å²) in [7, 11) is 0. The average molecular weight is 410 g/mol. The van der Waals surface area contributed by atoms with Gasteiger partial charge < -0.3 is 26.3 Å². The van der Waals surface area contributed by atoms with Crippen molar-refractivity contribution in [3.63, 3.8) is 0 Å². The fraction of sp³-hybridized carbons (Fsp3) is 0.348. The van der Waals surface area contributed by atoms with Crippen molar-refractivity contribution in [1.29, 1.82) is 0 Å². The summed E-state index contributed by atoms with van der Waals surface area (Å²) in [6, 6.07) is 13.1. The first-order chi connectivity index (χ1) is 14.5. The highest BCUT2D eigenvalue weighted by Gasteiger charge is 2.19. The van der Waals surface area contributed by atoms with E-state index in [-0.39, 0.29) is 11.7 Å². The fourth-order valence-corrected chi connectivity index (χ4v) is 4.06. The third-order valence-corrected chi connectivity index (χ3v) is 5.74. The first-order valence-corrected chi connectivity index (χ1v) is 10.4. The summed E-state index contributed by atoms with van der Waals surface area (Å²) in [5.41, 5.74) is 9.27.